The van der Waals surface area contributed by atoms with Gasteiger partial charge in [0.15, 0.2) is 0 Å². The highest BCUT2D eigenvalue weighted by Gasteiger charge is 2.33. The quantitative estimate of drug-likeness (QED) is 0.541. The van der Waals surface area contributed by atoms with E-state index in [9.17, 15) is 9.59 Å². The van der Waals surface area contributed by atoms with Gasteiger partial charge >= 0.3 is 5.97 Å². The van der Waals surface area contributed by atoms with Crippen LogP contribution in [0.5, 0.6) is 0 Å². The third-order valence-corrected chi connectivity index (χ3v) is 5.29. The van der Waals surface area contributed by atoms with E-state index in [1.54, 1.807) is 73.8 Å². The molecule has 3 aromatic rings. The zero-order valence-electron chi connectivity index (χ0n) is 15.9. The average molecular weight is 439 g/mol. The summed E-state index contributed by atoms with van der Waals surface area (Å²) in [5.74, 6) is -1.13. The number of likely N-dealkylation sites (N-methyl/N-ethyl adjacent to an activating group) is 1. The summed E-state index contributed by atoms with van der Waals surface area (Å²) < 4.78 is 5.50. The summed E-state index contributed by atoms with van der Waals surface area (Å²) in [5, 5.41) is 0.932. The first-order valence-electron chi connectivity index (χ1n) is 9.12. The molecule has 0 aromatic heterocycles. The smallest absolute Gasteiger partial charge is 0.340 e. The van der Waals surface area contributed by atoms with Crippen LogP contribution in [0.1, 0.15) is 21.5 Å². The maximum Gasteiger partial charge on any atom is 0.340 e. The molecule has 4 rings (SSSR count). The molecular formula is C23H16Cl2N2O3. The van der Waals surface area contributed by atoms with Crippen LogP contribution in [0.2, 0.25) is 10.0 Å². The molecule has 150 valence electrons. The van der Waals surface area contributed by atoms with Crippen LogP contribution in [-0.2, 0) is 9.53 Å². The van der Waals surface area contributed by atoms with Crippen LogP contribution < -0.4 is 4.90 Å². The summed E-state index contributed by atoms with van der Waals surface area (Å²) in [6, 6.07) is 20.7. The first-order valence-corrected chi connectivity index (χ1v) is 9.87. The summed E-state index contributed by atoms with van der Waals surface area (Å²) in [4.78, 5) is 31.6. The van der Waals surface area contributed by atoms with Crippen LogP contribution >= 0.6 is 23.2 Å². The van der Waals surface area contributed by atoms with Crippen LogP contribution in [-0.4, -0.2) is 30.9 Å². The van der Waals surface area contributed by atoms with Crippen molar-refractivity contribution in [3.8, 4) is 0 Å². The summed E-state index contributed by atoms with van der Waals surface area (Å²) >= 11 is 12.6. The zero-order valence-corrected chi connectivity index (χ0v) is 17.4. The zero-order chi connectivity index (χ0) is 21.3. The molecule has 0 aliphatic carbocycles. The van der Waals surface area contributed by atoms with Gasteiger partial charge in [-0.2, -0.15) is 0 Å². The Morgan fingerprint density at radius 3 is 2.40 bits per heavy atom. The number of aliphatic imine (C=N–C) groups is 1. The molecular weight excluding hydrogens is 423 g/mol. The molecule has 0 saturated heterocycles. The summed E-state index contributed by atoms with van der Waals surface area (Å²) in [5.41, 5.74) is 2.55. The fraction of sp³-hybridized carbons (Fsp3) is 0.0870. The molecule has 1 heterocycles. The van der Waals surface area contributed by atoms with E-state index in [-0.39, 0.29) is 0 Å². The van der Waals surface area contributed by atoms with Crippen molar-refractivity contribution >= 4 is 46.5 Å². The number of rotatable bonds is 3. The van der Waals surface area contributed by atoms with Gasteiger partial charge in [-0.3, -0.25) is 4.79 Å². The third-order valence-electron chi connectivity index (χ3n) is 4.72. The molecule has 3 aromatic carbocycles. The SMILES string of the molecule is CN1C(=O)C(OC(=O)c2ccccc2)N=C(c2ccccc2Cl)c2cc(Cl)ccc21. The highest BCUT2D eigenvalue weighted by molar-refractivity contribution is 6.37. The van der Waals surface area contributed by atoms with E-state index in [1.165, 1.54) is 4.90 Å². The van der Waals surface area contributed by atoms with Crippen molar-refractivity contribution in [1.29, 1.82) is 0 Å². The molecule has 1 atom stereocenters. The Hall–Kier alpha value is -3.15. The predicted octanol–water partition coefficient (Wildman–Crippen LogP) is 4.99. The summed E-state index contributed by atoms with van der Waals surface area (Å²) in [6.45, 7) is 0. The second-order valence-electron chi connectivity index (χ2n) is 6.64. The molecule has 0 saturated carbocycles. The Morgan fingerprint density at radius 2 is 1.67 bits per heavy atom. The Balaban J connectivity index is 1.85. The van der Waals surface area contributed by atoms with Crippen molar-refractivity contribution < 1.29 is 14.3 Å². The number of hydrogen-bond donors (Lipinski definition) is 0. The van der Waals surface area contributed by atoms with E-state index in [0.717, 1.165) is 0 Å². The third kappa shape index (κ3) is 3.82. The molecule has 1 aliphatic heterocycles. The number of amides is 1. The fourth-order valence-electron chi connectivity index (χ4n) is 3.21. The van der Waals surface area contributed by atoms with E-state index >= 15 is 0 Å². The van der Waals surface area contributed by atoms with Gasteiger partial charge in [0, 0.05) is 28.2 Å². The number of benzodiazepines with no additional fused rings is 1. The van der Waals surface area contributed by atoms with E-state index in [4.69, 9.17) is 27.9 Å². The second kappa shape index (κ2) is 8.30. The number of halogens is 2. The van der Waals surface area contributed by atoms with Crippen LogP contribution in [0.4, 0.5) is 5.69 Å². The van der Waals surface area contributed by atoms with E-state index < -0.39 is 18.1 Å². The van der Waals surface area contributed by atoms with Gasteiger partial charge in [0.1, 0.15) is 0 Å². The Morgan fingerprint density at radius 1 is 0.967 bits per heavy atom. The van der Waals surface area contributed by atoms with Gasteiger partial charge in [-0.15, -0.1) is 0 Å². The number of fused-ring (bicyclic) bond motifs is 1. The number of anilines is 1. The van der Waals surface area contributed by atoms with Crippen molar-refractivity contribution in [2.45, 2.75) is 6.23 Å². The lowest BCUT2D eigenvalue weighted by molar-refractivity contribution is -0.126. The predicted molar refractivity (Wildman–Crippen MR) is 118 cm³/mol. The standard InChI is InChI=1S/C23H16Cl2N2O3/c1-27-19-12-11-15(24)13-17(19)20(16-9-5-6-10-18(16)25)26-21(22(27)28)30-23(29)14-7-3-2-4-8-14/h2-13,21H,1H3. The molecule has 0 N–H and O–H groups in total. The van der Waals surface area contributed by atoms with Gasteiger partial charge in [-0.05, 0) is 36.4 Å². The van der Waals surface area contributed by atoms with Crippen LogP contribution in [0, 0.1) is 0 Å². The molecule has 1 amide bonds. The van der Waals surface area contributed by atoms with Gasteiger partial charge in [0.05, 0.1) is 17.0 Å². The highest BCUT2D eigenvalue weighted by Crippen LogP contribution is 2.32. The van der Waals surface area contributed by atoms with Gasteiger partial charge in [-0.1, -0.05) is 59.6 Å². The molecule has 1 aliphatic rings. The van der Waals surface area contributed by atoms with Crippen molar-refractivity contribution in [3.63, 3.8) is 0 Å². The normalized spacial score (nSPS) is 15.8. The minimum absolute atomic E-state index is 0.326. The van der Waals surface area contributed by atoms with Gasteiger partial charge < -0.3 is 9.64 Å². The van der Waals surface area contributed by atoms with Gasteiger partial charge in [0.25, 0.3) is 12.1 Å². The maximum atomic E-state index is 13.1. The molecule has 1 unspecified atom stereocenters. The number of hydrogen-bond acceptors (Lipinski definition) is 4. The molecule has 7 heteroatoms. The van der Waals surface area contributed by atoms with Crippen molar-refractivity contribution in [3.05, 3.63) is 99.5 Å². The lowest BCUT2D eigenvalue weighted by Crippen LogP contribution is -2.37. The van der Waals surface area contributed by atoms with Gasteiger partial charge in [0.2, 0.25) is 0 Å². The fourth-order valence-corrected chi connectivity index (χ4v) is 3.60. The topological polar surface area (TPSA) is 59.0 Å². The lowest BCUT2D eigenvalue weighted by atomic mass is 10.0. The molecule has 0 spiro atoms. The molecule has 0 radical (unpaired) electrons. The van der Waals surface area contributed by atoms with Crippen LogP contribution in [0.25, 0.3) is 0 Å². The number of carbonyl (C=O) groups excluding carboxylic acids is 2. The van der Waals surface area contributed by atoms with Crippen LogP contribution in [0.15, 0.2) is 77.8 Å². The molecule has 30 heavy (non-hydrogen) atoms. The Bertz CT molecular complexity index is 1160. The number of ether oxygens (including phenoxy) is 1. The van der Waals surface area contributed by atoms with E-state index in [2.05, 4.69) is 4.99 Å². The Labute approximate surface area is 183 Å². The van der Waals surface area contributed by atoms with Gasteiger partial charge in [-0.25, -0.2) is 9.79 Å². The highest BCUT2D eigenvalue weighted by atomic mass is 35.5. The van der Waals surface area contributed by atoms with Crippen molar-refractivity contribution in [2.24, 2.45) is 4.99 Å². The van der Waals surface area contributed by atoms with Crippen molar-refractivity contribution in [2.75, 3.05) is 11.9 Å². The minimum Gasteiger partial charge on any atom is -0.426 e. The molecule has 5 nitrogen and oxygen atoms in total. The number of carbonyl (C=O) groups is 2. The first kappa shape index (κ1) is 20.1. The van der Waals surface area contributed by atoms with E-state index in [1.807, 2.05) is 6.07 Å². The summed E-state index contributed by atoms with van der Waals surface area (Å²) in [7, 11) is 1.60. The number of esters is 1. The minimum atomic E-state index is -1.37. The van der Waals surface area contributed by atoms with Crippen molar-refractivity contribution in [1.82, 2.24) is 0 Å². The van der Waals surface area contributed by atoms with Crippen LogP contribution in [0.3, 0.4) is 0 Å². The largest absolute Gasteiger partial charge is 0.426 e. The number of nitrogens with zero attached hydrogens (tertiary/aromatic N) is 2. The molecule has 0 bridgehead atoms. The monoisotopic (exact) mass is 438 g/mol. The van der Waals surface area contributed by atoms with E-state index in [0.29, 0.717) is 38.1 Å². The lowest BCUT2D eigenvalue weighted by Gasteiger charge is -2.20. The maximum absolute atomic E-state index is 13.1. The second-order valence-corrected chi connectivity index (χ2v) is 7.48. The average Bonchev–Trinajstić information content (AvgIpc) is 2.85. The summed E-state index contributed by atoms with van der Waals surface area (Å²) in [6.07, 6.45) is -1.37. The molecule has 0 fully saturated rings. The first-order chi connectivity index (χ1) is 14.5. The number of benzene rings is 3. The Kier molecular flexibility index (Phi) is 5.57.